The normalized spacial score (nSPS) is 12.3. The molecule has 11 heteroatoms. The van der Waals surface area contributed by atoms with E-state index < -0.39 is 35.0 Å². The summed E-state index contributed by atoms with van der Waals surface area (Å²) >= 11 is 0. The lowest BCUT2D eigenvalue weighted by Gasteiger charge is -2.25. The number of hydrogen-bond acceptors (Lipinski definition) is 7. The van der Waals surface area contributed by atoms with Gasteiger partial charge in [0.25, 0.3) is 0 Å². The monoisotopic (exact) mass is 586 g/mol. The van der Waals surface area contributed by atoms with E-state index in [1.165, 1.54) is 26.0 Å². The highest BCUT2D eigenvalue weighted by Crippen LogP contribution is 2.37. The van der Waals surface area contributed by atoms with Gasteiger partial charge < -0.3 is 20.9 Å². The van der Waals surface area contributed by atoms with E-state index in [4.69, 9.17) is 15.5 Å². The first-order valence-corrected chi connectivity index (χ1v) is 13.4. The van der Waals surface area contributed by atoms with E-state index in [-0.39, 0.29) is 23.5 Å². The third-order valence-corrected chi connectivity index (χ3v) is 6.23. The number of nitriles is 1. The van der Waals surface area contributed by atoms with Crippen LogP contribution in [0.3, 0.4) is 0 Å². The Morgan fingerprint density at radius 1 is 1.12 bits per heavy atom. The van der Waals surface area contributed by atoms with Gasteiger partial charge >= 0.3 is 6.09 Å². The summed E-state index contributed by atoms with van der Waals surface area (Å²) in [4.78, 5) is 17.8. The van der Waals surface area contributed by atoms with E-state index in [2.05, 4.69) is 28.3 Å². The Morgan fingerprint density at radius 3 is 2.37 bits per heavy atom. The molecule has 222 valence electrons. The summed E-state index contributed by atoms with van der Waals surface area (Å²) < 4.78 is 35.5. The van der Waals surface area contributed by atoms with Crippen molar-refractivity contribution in [3.8, 4) is 29.0 Å². The number of ether oxygens (including phenoxy) is 1. The van der Waals surface area contributed by atoms with Crippen molar-refractivity contribution < 1.29 is 23.4 Å². The van der Waals surface area contributed by atoms with Gasteiger partial charge in [-0.25, -0.2) is 18.6 Å². The van der Waals surface area contributed by atoms with Crippen LogP contribution in [0, 0.1) is 34.8 Å². The fourth-order valence-electron chi connectivity index (χ4n) is 4.64. The number of hydrogen-bond donors (Lipinski definition) is 3. The second kappa shape index (κ2) is 11.7. The number of aryl methyl sites for hydroxylation is 1. The number of fused-ring (bicyclic) bond motifs is 1. The summed E-state index contributed by atoms with van der Waals surface area (Å²) in [5.41, 5.74) is 6.84. The van der Waals surface area contributed by atoms with Gasteiger partial charge in [0.2, 0.25) is 0 Å². The molecule has 4 aromatic rings. The van der Waals surface area contributed by atoms with Gasteiger partial charge in [0.1, 0.15) is 28.5 Å². The third-order valence-electron chi connectivity index (χ3n) is 6.23. The van der Waals surface area contributed by atoms with E-state index in [0.29, 0.717) is 33.3 Å². The van der Waals surface area contributed by atoms with Crippen molar-refractivity contribution in [2.24, 2.45) is 7.05 Å². The summed E-state index contributed by atoms with van der Waals surface area (Å²) in [6.07, 6.45) is -0.840. The molecule has 2 heterocycles. The molecular weight excluding hydrogens is 554 g/mol. The van der Waals surface area contributed by atoms with Crippen LogP contribution < -0.4 is 11.1 Å². The first-order valence-electron chi connectivity index (χ1n) is 13.4. The van der Waals surface area contributed by atoms with Crippen LogP contribution >= 0.6 is 0 Å². The van der Waals surface area contributed by atoms with Crippen molar-refractivity contribution >= 4 is 22.8 Å². The number of nitrogens with one attached hydrogen (secondary N) is 1. The lowest BCUT2D eigenvalue weighted by molar-refractivity contribution is 0.0502. The summed E-state index contributed by atoms with van der Waals surface area (Å²) in [6, 6.07) is 11.0. The van der Waals surface area contributed by atoms with Crippen LogP contribution in [0.2, 0.25) is 0 Å². The molecule has 1 amide bonds. The highest BCUT2D eigenvalue weighted by molar-refractivity contribution is 6.03. The Bertz CT molecular complexity index is 1800. The van der Waals surface area contributed by atoms with Crippen LogP contribution in [0.5, 0.6) is 0 Å². The predicted molar refractivity (Wildman–Crippen MR) is 158 cm³/mol. The van der Waals surface area contributed by atoms with Gasteiger partial charge in [-0.05, 0) is 82.9 Å². The minimum absolute atomic E-state index is 0.0662. The Kier molecular flexibility index (Phi) is 8.43. The zero-order chi connectivity index (χ0) is 31.7. The number of nitrogen functional groups attached to an aromatic ring is 1. The molecule has 0 saturated carbocycles. The van der Waals surface area contributed by atoms with Crippen LogP contribution in [0.25, 0.3) is 22.0 Å². The van der Waals surface area contributed by atoms with Crippen molar-refractivity contribution in [3.05, 3.63) is 76.6 Å². The molecule has 0 spiro atoms. The third kappa shape index (κ3) is 7.45. The van der Waals surface area contributed by atoms with Gasteiger partial charge in [-0.1, -0.05) is 12.0 Å². The van der Waals surface area contributed by atoms with Crippen LogP contribution in [0.1, 0.15) is 63.2 Å². The van der Waals surface area contributed by atoms with E-state index >= 15 is 0 Å². The Morgan fingerprint density at radius 2 is 1.77 bits per heavy atom. The number of benzene rings is 2. The number of carbonyl (C=O) groups is 1. The standard InChI is InChI=1S/C32H32F2N6O3/c1-31(2,3)43-30(41)38-25(15-18-13-20(33)16-21(34)14-18)27-23(10-8-22(37-27)11-12-32(4,5)42)24-9-7-19(17-35)26-28(24)40(6)39-29(26)36/h7-10,13-14,16,25,42H,15H2,1-6H3,(H2,36,39)(H,38,41)/t25-/m0/s1. The molecule has 0 radical (unpaired) electrons. The number of alkyl carbamates (subject to hydrolysis) is 1. The van der Waals surface area contributed by atoms with E-state index in [9.17, 15) is 23.9 Å². The summed E-state index contributed by atoms with van der Waals surface area (Å²) in [5, 5.41) is 27.5. The summed E-state index contributed by atoms with van der Waals surface area (Å²) in [6.45, 7) is 8.18. The molecule has 9 nitrogen and oxygen atoms in total. The number of halogens is 2. The minimum Gasteiger partial charge on any atom is -0.444 e. The summed E-state index contributed by atoms with van der Waals surface area (Å²) in [5.74, 6) is 4.18. The smallest absolute Gasteiger partial charge is 0.408 e. The maximum atomic E-state index is 14.2. The second-order valence-corrected chi connectivity index (χ2v) is 11.6. The van der Waals surface area contributed by atoms with Gasteiger partial charge in [0.05, 0.1) is 34.3 Å². The largest absolute Gasteiger partial charge is 0.444 e. The molecule has 4 N–H and O–H groups in total. The van der Waals surface area contributed by atoms with E-state index in [0.717, 1.165) is 6.07 Å². The number of nitrogens with zero attached hydrogens (tertiary/aromatic N) is 4. The maximum absolute atomic E-state index is 14.2. The van der Waals surface area contributed by atoms with E-state index in [1.807, 2.05) is 0 Å². The molecule has 0 aliphatic heterocycles. The second-order valence-electron chi connectivity index (χ2n) is 11.6. The molecule has 0 unspecified atom stereocenters. The Labute approximate surface area is 248 Å². The van der Waals surface area contributed by atoms with Gasteiger partial charge in [0.15, 0.2) is 5.82 Å². The molecule has 0 bridgehead atoms. The number of nitrogens with two attached hydrogens (primary N) is 1. The fourth-order valence-corrected chi connectivity index (χ4v) is 4.64. The van der Waals surface area contributed by atoms with Crippen LogP contribution in [-0.4, -0.2) is 37.2 Å². The molecule has 4 rings (SSSR count). The minimum atomic E-state index is -1.31. The average Bonchev–Trinajstić information content (AvgIpc) is 3.18. The quantitative estimate of drug-likeness (QED) is 0.270. The zero-order valence-corrected chi connectivity index (χ0v) is 24.7. The lowest BCUT2D eigenvalue weighted by Crippen LogP contribution is -2.36. The molecule has 2 aromatic carbocycles. The molecule has 2 aromatic heterocycles. The Balaban J connectivity index is 2.00. The number of aliphatic hydroxyl groups is 1. The SMILES string of the molecule is Cn1nc(N)c2c(C#N)ccc(-c3ccc(C#CC(C)(C)O)nc3[C@H](Cc3cc(F)cc(F)c3)NC(=O)OC(C)(C)C)c21. The summed E-state index contributed by atoms with van der Waals surface area (Å²) in [7, 11) is 1.69. The number of rotatable bonds is 5. The number of amides is 1. The van der Waals surface area contributed by atoms with Crippen molar-refractivity contribution in [1.29, 1.82) is 5.26 Å². The number of carbonyl (C=O) groups excluding carboxylic acids is 1. The molecule has 0 saturated heterocycles. The lowest BCUT2D eigenvalue weighted by atomic mass is 9.93. The van der Waals surface area contributed by atoms with Crippen LogP contribution in [-0.2, 0) is 18.2 Å². The zero-order valence-electron chi connectivity index (χ0n) is 24.7. The molecule has 0 fully saturated rings. The van der Waals surface area contributed by atoms with Crippen molar-refractivity contribution in [2.75, 3.05) is 5.73 Å². The first kappa shape index (κ1) is 30.9. The highest BCUT2D eigenvalue weighted by Gasteiger charge is 2.27. The van der Waals surface area contributed by atoms with Gasteiger partial charge in [-0.15, -0.1) is 0 Å². The number of aromatic nitrogens is 3. The average molecular weight is 587 g/mol. The molecule has 1 atom stereocenters. The highest BCUT2D eigenvalue weighted by atomic mass is 19.1. The molecule has 43 heavy (non-hydrogen) atoms. The van der Waals surface area contributed by atoms with Gasteiger partial charge in [-0.3, -0.25) is 4.68 Å². The van der Waals surface area contributed by atoms with Crippen LogP contribution in [0.4, 0.5) is 19.4 Å². The number of pyridine rings is 1. The van der Waals surface area contributed by atoms with Crippen molar-refractivity contribution in [3.63, 3.8) is 0 Å². The van der Waals surface area contributed by atoms with E-state index in [1.54, 1.807) is 56.8 Å². The van der Waals surface area contributed by atoms with Crippen LogP contribution in [0.15, 0.2) is 42.5 Å². The van der Waals surface area contributed by atoms with Gasteiger partial charge in [-0.2, -0.15) is 10.4 Å². The van der Waals surface area contributed by atoms with Crippen molar-refractivity contribution in [2.45, 2.75) is 58.3 Å². The molecule has 0 aliphatic rings. The maximum Gasteiger partial charge on any atom is 0.408 e. The Hall–Kier alpha value is -5.00. The molecular formula is C32H32F2N6O3. The van der Waals surface area contributed by atoms with Gasteiger partial charge in [0, 0.05) is 24.2 Å². The fraction of sp³-hybridized carbons (Fsp3) is 0.312. The predicted octanol–water partition coefficient (Wildman–Crippen LogP) is 5.30. The van der Waals surface area contributed by atoms with Crippen molar-refractivity contribution in [1.82, 2.24) is 20.1 Å². The first-order chi connectivity index (χ1) is 20.0. The molecule has 0 aliphatic carbocycles. The topological polar surface area (TPSA) is 139 Å². The number of anilines is 1.